The van der Waals surface area contributed by atoms with Gasteiger partial charge < -0.3 is 10.4 Å². The molecule has 0 spiro atoms. The predicted octanol–water partition coefficient (Wildman–Crippen LogP) is -0.585. The van der Waals surface area contributed by atoms with Gasteiger partial charge in [0.15, 0.2) is 0 Å². The van der Waals surface area contributed by atoms with Crippen molar-refractivity contribution >= 4 is 11.5 Å². The van der Waals surface area contributed by atoms with Crippen LogP contribution < -0.4 is 5.32 Å². The summed E-state index contributed by atoms with van der Waals surface area (Å²) in [7, 11) is 0. The first-order valence-corrected chi connectivity index (χ1v) is 4.31. The average molecular weight is 171 g/mol. The monoisotopic (exact) mass is 171 g/mol. The van der Waals surface area contributed by atoms with Crippen LogP contribution in [-0.2, 0) is 6.42 Å². The summed E-state index contributed by atoms with van der Waals surface area (Å²) in [6, 6.07) is 0. The highest BCUT2D eigenvalue weighted by Gasteiger charge is 2.34. The quantitative estimate of drug-likeness (QED) is 0.624. The van der Waals surface area contributed by atoms with Gasteiger partial charge in [-0.2, -0.15) is 0 Å². The first-order valence-electron chi connectivity index (χ1n) is 3.48. The van der Waals surface area contributed by atoms with E-state index in [1.54, 1.807) is 0 Å². The number of rotatable bonds is 2. The second kappa shape index (κ2) is 2.51. The lowest BCUT2D eigenvalue weighted by Gasteiger charge is -2.36. The summed E-state index contributed by atoms with van der Waals surface area (Å²) >= 11 is 1.32. The number of nitrogens with one attached hydrogen (secondary N) is 1. The van der Waals surface area contributed by atoms with E-state index in [0.717, 1.165) is 5.69 Å². The molecule has 1 aromatic heterocycles. The van der Waals surface area contributed by atoms with Crippen molar-refractivity contribution < 1.29 is 5.11 Å². The smallest absolute Gasteiger partial charge is 0.0951 e. The normalized spacial score (nSPS) is 21.2. The molecule has 2 N–H and O–H groups in total. The van der Waals surface area contributed by atoms with Crippen LogP contribution in [0.25, 0.3) is 0 Å². The molecule has 0 saturated carbocycles. The molecule has 0 amide bonds. The van der Waals surface area contributed by atoms with E-state index in [0.29, 0.717) is 19.5 Å². The molecule has 0 unspecified atom stereocenters. The van der Waals surface area contributed by atoms with Crippen LogP contribution in [0.5, 0.6) is 0 Å². The molecule has 5 heteroatoms. The highest BCUT2D eigenvalue weighted by Crippen LogP contribution is 2.16. The van der Waals surface area contributed by atoms with Crippen molar-refractivity contribution in [2.45, 2.75) is 12.0 Å². The Bertz CT molecular complexity index is 232. The molecule has 0 bridgehead atoms. The van der Waals surface area contributed by atoms with Crippen molar-refractivity contribution in [1.82, 2.24) is 14.9 Å². The maximum Gasteiger partial charge on any atom is 0.0951 e. The second-order valence-electron chi connectivity index (χ2n) is 2.90. The Morgan fingerprint density at radius 3 is 3.00 bits per heavy atom. The van der Waals surface area contributed by atoms with E-state index in [-0.39, 0.29) is 0 Å². The number of hydrogen-bond acceptors (Lipinski definition) is 5. The van der Waals surface area contributed by atoms with Crippen molar-refractivity contribution in [3.05, 3.63) is 11.1 Å². The van der Waals surface area contributed by atoms with Crippen LogP contribution in [-0.4, -0.2) is 33.4 Å². The van der Waals surface area contributed by atoms with Crippen molar-refractivity contribution in [2.75, 3.05) is 13.1 Å². The summed E-state index contributed by atoms with van der Waals surface area (Å²) in [5.41, 5.74) is 0.328. The van der Waals surface area contributed by atoms with Gasteiger partial charge in [0.05, 0.1) is 11.3 Å². The minimum absolute atomic E-state index is 0.560. The molecule has 60 valence electrons. The maximum atomic E-state index is 9.66. The van der Waals surface area contributed by atoms with E-state index in [1.807, 2.05) is 5.38 Å². The summed E-state index contributed by atoms with van der Waals surface area (Å²) in [5, 5.41) is 18.4. The van der Waals surface area contributed by atoms with Crippen LogP contribution in [0.2, 0.25) is 0 Å². The number of β-amino-alcohol motifs (C(OH)–C–C–N with tert-alkyl or cyclic N) is 1. The van der Waals surface area contributed by atoms with E-state index in [1.165, 1.54) is 11.5 Å². The third-order valence-corrected chi connectivity index (χ3v) is 2.38. The topological polar surface area (TPSA) is 58.0 Å². The number of aromatic nitrogens is 2. The summed E-state index contributed by atoms with van der Waals surface area (Å²) < 4.78 is 3.72. The van der Waals surface area contributed by atoms with E-state index in [9.17, 15) is 5.11 Å². The second-order valence-corrected chi connectivity index (χ2v) is 3.51. The van der Waals surface area contributed by atoms with Crippen molar-refractivity contribution in [3.8, 4) is 0 Å². The molecular formula is C6H9N3OS. The first-order chi connectivity index (χ1) is 5.29. The predicted molar refractivity (Wildman–Crippen MR) is 41.4 cm³/mol. The van der Waals surface area contributed by atoms with Crippen molar-refractivity contribution in [1.29, 1.82) is 0 Å². The zero-order chi connectivity index (χ0) is 7.73. The fourth-order valence-corrected chi connectivity index (χ4v) is 1.59. The van der Waals surface area contributed by atoms with Crippen LogP contribution in [0.4, 0.5) is 0 Å². The highest BCUT2D eigenvalue weighted by atomic mass is 32.1. The summed E-state index contributed by atoms with van der Waals surface area (Å²) in [5.74, 6) is 0. The average Bonchev–Trinajstić information content (AvgIpc) is 2.36. The molecular weight excluding hydrogens is 162 g/mol. The van der Waals surface area contributed by atoms with Crippen LogP contribution in [0.1, 0.15) is 5.69 Å². The molecule has 4 nitrogen and oxygen atoms in total. The Morgan fingerprint density at radius 1 is 1.73 bits per heavy atom. The van der Waals surface area contributed by atoms with E-state index < -0.39 is 5.60 Å². The lowest BCUT2D eigenvalue weighted by molar-refractivity contribution is -0.00981. The van der Waals surface area contributed by atoms with E-state index in [2.05, 4.69) is 14.9 Å². The fourth-order valence-electron chi connectivity index (χ4n) is 1.14. The Labute approximate surface area is 68.4 Å². The van der Waals surface area contributed by atoms with Gasteiger partial charge >= 0.3 is 0 Å². The summed E-state index contributed by atoms with van der Waals surface area (Å²) in [6.07, 6.45) is 0.622. The van der Waals surface area contributed by atoms with Gasteiger partial charge in [0.1, 0.15) is 0 Å². The molecule has 0 aromatic carbocycles. The van der Waals surface area contributed by atoms with Gasteiger partial charge in [0.2, 0.25) is 0 Å². The number of hydrogen-bond donors (Lipinski definition) is 2. The van der Waals surface area contributed by atoms with Crippen LogP contribution in [0, 0.1) is 0 Å². The molecule has 11 heavy (non-hydrogen) atoms. The third-order valence-electron chi connectivity index (χ3n) is 1.82. The SMILES string of the molecule is OC1(Cc2csnn2)CNC1. The standard InChI is InChI=1S/C6H9N3OS/c10-6(3-7-4-6)1-5-2-11-9-8-5/h2,7,10H,1,3-4H2. The molecule has 0 atom stereocenters. The molecule has 0 radical (unpaired) electrons. The minimum atomic E-state index is -0.560. The van der Waals surface area contributed by atoms with Gasteiger partial charge in [0.25, 0.3) is 0 Å². The van der Waals surface area contributed by atoms with E-state index in [4.69, 9.17) is 0 Å². The van der Waals surface area contributed by atoms with E-state index >= 15 is 0 Å². The van der Waals surface area contributed by atoms with Crippen molar-refractivity contribution in [2.24, 2.45) is 0 Å². The zero-order valence-corrected chi connectivity index (χ0v) is 6.77. The fraction of sp³-hybridized carbons (Fsp3) is 0.667. The Morgan fingerprint density at radius 2 is 2.55 bits per heavy atom. The minimum Gasteiger partial charge on any atom is -0.387 e. The lowest BCUT2D eigenvalue weighted by atomic mass is 9.92. The Kier molecular flexibility index (Phi) is 1.63. The molecule has 1 aliphatic heterocycles. The van der Waals surface area contributed by atoms with Gasteiger partial charge in [-0.15, -0.1) is 5.10 Å². The third kappa shape index (κ3) is 1.40. The highest BCUT2D eigenvalue weighted by molar-refractivity contribution is 7.03. The van der Waals surface area contributed by atoms with Gasteiger partial charge in [-0.1, -0.05) is 4.49 Å². The maximum absolute atomic E-state index is 9.66. The van der Waals surface area contributed by atoms with Crippen LogP contribution >= 0.6 is 11.5 Å². The Hall–Kier alpha value is -0.520. The molecule has 1 aromatic rings. The lowest BCUT2D eigenvalue weighted by Crippen LogP contribution is -2.60. The largest absolute Gasteiger partial charge is 0.387 e. The van der Waals surface area contributed by atoms with Gasteiger partial charge in [-0.25, -0.2) is 0 Å². The van der Waals surface area contributed by atoms with Gasteiger partial charge in [0, 0.05) is 24.9 Å². The van der Waals surface area contributed by atoms with Gasteiger partial charge in [-0.3, -0.25) is 0 Å². The number of nitrogens with zero attached hydrogens (tertiary/aromatic N) is 2. The zero-order valence-electron chi connectivity index (χ0n) is 5.95. The summed E-state index contributed by atoms with van der Waals surface area (Å²) in [4.78, 5) is 0. The van der Waals surface area contributed by atoms with Crippen LogP contribution in [0.15, 0.2) is 5.38 Å². The Balaban J connectivity index is 2.00. The molecule has 1 aliphatic rings. The molecule has 2 rings (SSSR count). The van der Waals surface area contributed by atoms with Gasteiger partial charge in [-0.05, 0) is 11.5 Å². The molecule has 1 fully saturated rings. The summed E-state index contributed by atoms with van der Waals surface area (Å²) in [6.45, 7) is 1.34. The van der Waals surface area contributed by atoms with Crippen molar-refractivity contribution in [3.63, 3.8) is 0 Å². The molecule has 0 aliphatic carbocycles. The first kappa shape index (κ1) is 7.15. The van der Waals surface area contributed by atoms with Crippen LogP contribution in [0.3, 0.4) is 0 Å². The molecule has 1 saturated heterocycles. The molecule has 2 heterocycles. The number of aliphatic hydroxyl groups is 1.